The molecule has 21 heteroatoms. The summed E-state index contributed by atoms with van der Waals surface area (Å²) in [5.41, 5.74) is 7.71. The van der Waals surface area contributed by atoms with E-state index in [4.69, 9.17) is 10.9 Å². The van der Waals surface area contributed by atoms with E-state index in [1.54, 1.807) is 30.3 Å². The molecular weight excluding hydrogens is 813 g/mol. The second-order valence-corrected chi connectivity index (χ2v) is 17.0. The third-order valence-electron chi connectivity index (χ3n) is 10.2. The molecule has 61 heavy (non-hydrogen) atoms. The fourth-order valence-electron chi connectivity index (χ4n) is 7.01. The van der Waals surface area contributed by atoms with Crippen LogP contribution in [0.15, 0.2) is 30.3 Å². The molecule has 0 radical (unpaired) electrons. The standard InChI is InChI=1S/C40H62N10O10S/c1-23(2)17-26(19-32(52)50-60)38(57)47-28(18-25-11-5-4-6-12-25)39(58)45-24(3)37(56)44-20-33(53)43-21-34(54)46-27(36(41)55)13-9-10-16-42-31(51)15-8-7-14-30-35-29(22-61-30)48-40(59)49-35/h4-6,11-12,23-24,26-30,35,60H,7-10,13-22H2,1-3H3,(H2,41,55)(H,42,51)(H,43,53)(H,44,56)(H,45,58)(H,46,54)(H,47,57)(H,50,52)(H2,48,49,59)/t24-,26?,27-,28-,29-,30-,35-/m0/s1. The number of rotatable bonds is 27. The minimum atomic E-state index is -1.15. The number of thioether (sulfide) groups is 1. The van der Waals surface area contributed by atoms with Crippen molar-refractivity contribution in [3.05, 3.63) is 35.9 Å². The maximum atomic E-state index is 13.4. The van der Waals surface area contributed by atoms with Gasteiger partial charge in [-0.1, -0.05) is 50.6 Å². The molecule has 2 saturated heterocycles. The summed E-state index contributed by atoms with van der Waals surface area (Å²) in [6.45, 7) is 4.45. The van der Waals surface area contributed by atoms with Gasteiger partial charge in [0.15, 0.2) is 0 Å². The molecule has 2 fully saturated rings. The highest BCUT2D eigenvalue weighted by atomic mass is 32.2. The van der Waals surface area contributed by atoms with Gasteiger partial charge < -0.3 is 48.3 Å². The van der Waals surface area contributed by atoms with Gasteiger partial charge in [-0.15, -0.1) is 0 Å². The van der Waals surface area contributed by atoms with Crippen LogP contribution in [0.2, 0.25) is 0 Å². The number of hydroxylamine groups is 1. The molecule has 12 N–H and O–H groups in total. The van der Waals surface area contributed by atoms with Crippen LogP contribution in [-0.4, -0.2) is 119 Å². The zero-order chi connectivity index (χ0) is 44.9. The zero-order valence-electron chi connectivity index (χ0n) is 35.0. The molecule has 2 aliphatic rings. The van der Waals surface area contributed by atoms with Crippen molar-refractivity contribution in [3.8, 4) is 0 Å². The van der Waals surface area contributed by atoms with Crippen LogP contribution in [0.5, 0.6) is 0 Å². The van der Waals surface area contributed by atoms with Gasteiger partial charge in [-0.25, -0.2) is 10.3 Å². The van der Waals surface area contributed by atoms with Crippen molar-refractivity contribution in [1.82, 2.24) is 48.0 Å². The predicted molar refractivity (Wildman–Crippen MR) is 225 cm³/mol. The Morgan fingerprint density at radius 1 is 0.787 bits per heavy atom. The Morgan fingerprint density at radius 3 is 2.20 bits per heavy atom. The van der Waals surface area contributed by atoms with E-state index in [0.717, 1.165) is 25.0 Å². The SMILES string of the molecule is CC(C)CC(CC(=O)NO)C(=O)N[C@@H](Cc1ccccc1)C(=O)N[C@@H](C)C(=O)NCC(=O)NCC(=O)N[C@@H](CCCCNC(=O)CCCC[C@@H]1SC[C@@H]2NC(=O)N[C@@H]21)C(N)=O. The fraction of sp³-hybridized carbons (Fsp3) is 0.625. The number of nitrogens with one attached hydrogen (secondary N) is 9. The Hall–Kier alpha value is -5.44. The summed E-state index contributed by atoms with van der Waals surface area (Å²) in [6, 6.07) is 5.74. The van der Waals surface area contributed by atoms with E-state index in [9.17, 15) is 43.2 Å². The highest BCUT2D eigenvalue weighted by molar-refractivity contribution is 8.00. The normalized spacial score (nSPS) is 18.5. The van der Waals surface area contributed by atoms with Crippen LogP contribution in [0, 0.1) is 11.8 Å². The molecule has 1 unspecified atom stereocenters. The Bertz CT molecular complexity index is 1690. The summed E-state index contributed by atoms with van der Waals surface area (Å²) < 4.78 is 0. The molecule has 0 aliphatic carbocycles. The molecule has 3 rings (SSSR count). The minimum absolute atomic E-state index is 0.0229. The maximum absolute atomic E-state index is 13.4. The van der Waals surface area contributed by atoms with E-state index in [2.05, 4.69) is 42.5 Å². The van der Waals surface area contributed by atoms with Gasteiger partial charge in [0, 0.05) is 42.7 Å². The van der Waals surface area contributed by atoms with Gasteiger partial charge in [-0.2, -0.15) is 11.8 Å². The number of hydrogen-bond donors (Lipinski definition) is 11. The van der Waals surface area contributed by atoms with E-state index in [-0.39, 0.29) is 49.2 Å². The quantitative estimate of drug-likeness (QED) is 0.0220. The Labute approximate surface area is 359 Å². The van der Waals surface area contributed by atoms with Crippen molar-refractivity contribution in [2.24, 2.45) is 17.6 Å². The van der Waals surface area contributed by atoms with E-state index >= 15 is 0 Å². The summed E-state index contributed by atoms with van der Waals surface area (Å²) >= 11 is 1.84. The van der Waals surface area contributed by atoms with Gasteiger partial charge in [0.2, 0.25) is 47.3 Å². The number of primary amides is 1. The van der Waals surface area contributed by atoms with Crippen LogP contribution in [0.1, 0.15) is 84.1 Å². The average molecular weight is 875 g/mol. The largest absolute Gasteiger partial charge is 0.368 e. The zero-order valence-corrected chi connectivity index (χ0v) is 35.8. The Kier molecular flexibility index (Phi) is 21.3. The fourth-order valence-corrected chi connectivity index (χ4v) is 8.55. The summed E-state index contributed by atoms with van der Waals surface area (Å²) in [4.78, 5) is 112. The first-order chi connectivity index (χ1) is 29.1. The summed E-state index contributed by atoms with van der Waals surface area (Å²) in [5, 5.41) is 30.5. The average Bonchev–Trinajstić information content (AvgIpc) is 3.78. The second-order valence-electron chi connectivity index (χ2n) is 15.8. The lowest BCUT2D eigenvalue weighted by molar-refractivity contribution is -0.137. The first-order valence-electron chi connectivity index (χ1n) is 20.7. The van der Waals surface area contributed by atoms with Crippen molar-refractivity contribution in [3.63, 3.8) is 0 Å². The van der Waals surface area contributed by atoms with Gasteiger partial charge in [-0.3, -0.25) is 43.6 Å². The van der Waals surface area contributed by atoms with Crippen molar-refractivity contribution in [2.75, 3.05) is 25.4 Å². The summed E-state index contributed by atoms with van der Waals surface area (Å²) in [5.74, 6) is -4.93. The highest BCUT2D eigenvalue weighted by Crippen LogP contribution is 2.33. The van der Waals surface area contributed by atoms with Crippen LogP contribution in [-0.2, 0) is 44.8 Å². The molecule has 1 aromatic rings. The lowest BCUT2D eigenvalue weighted by atomic mass is 9.92. The molecule has 20 nitrogen and oxygen atoms in total. The van der Waals surface area contributed by atoms with E-state index in [1.807, 2.05) is 25.6 Å². The van der Waals surface area contributed by atoms with Crippen LogP contribution in [0.25, 0.3) is 0 Å². The molecule has 0 bridgehead atoms. The number of nitrogens with two attached hydrogens (primary N) is 1. The van der Waals surface area contributed by atoms with E-state index in [0.29, 0.717) is 43.0 Å². The van der Waals surface area contributed by atoms with E-state index in [1.165, 1.54) is 12.4 Å². The summed E-state index contributed by atoms with van der Waals surface area (Å²) in [7, 11) is 0. The summed E-state index contributed by atoms with van der Waals surface area (Å²) in [6.07, 6.45) is 4.21. The smallest absolute Gasteiger partial charge is 0.315 e. The molecule has 10 amide bonds. The van der Waals surface area contributed by atoms with Crippen LogP contribution in [0.3, 0.4) is 0 Å². The number of carbonyl (C=O) groups is 9. The van der Waals surface area contributed by atoms with Crippen molar-refractivity contribution in [1.29, 1.82) is 0 Å². The second kappa shape index (κ2) is 26.0. The van der Waals surface area contributed by atoms with Crippen LogP contribution >= 0.6 is 11.8 Å². The first kappa shape index (κ1) is 49.9. The number of fused-ring (bicyclic) bond motifs is 1. The molecule has 0 saturated carbocycles. The topological polar surface area (TPSA) is 308 Å². The van der Waals surface area contributed by atoms with Crippen LogP contribution < -0.4 is 53.7 Å². The predicted octanol–water partition coefficient (Wildman–Crippen LogP) is -1.01. The molecule has 1 aromatic carbocycles. The number of unbranched alkanes of at least 4 members (excludes halogenated alkanes) is 2. The van der Waals surface area contributed by atoms with Gasteiger partial charge >= 0.3 is 6.03 Å². The molecule has 2 aliphatic heterocycles. The van der Waals surface area contributed by atoms with Crippen LogP contribution in [0.4, 0.5) is 4.79 Å². The van der Waals surface area contributed by atoms with Gasteiger partial charge in [-0.05, 0) is 56.9 Å². The number of amides is 10. The Morgan fingerprint density at radius 2 is 1.51 bits per heavy atom. The van der Waals surface area contributed by atoms with Gasteiger partial charge in [0.25, 0.3) is 0 Å². The number of hydrogen-bond acceptors (Lipinski definition) is 11. The Balaban J connectivity index is 1.34. The molecule has 0 aromatic heterocycles. The number of carbonyl (C=O) groups excluding carboxylic acids is 9. The molecule has 7 atom stereocenters. The third kappa shape index (κ3) is 18.4. The van der Waals surface area contributed by atoms with Crippen molar-refractivity contribution >= 4 is 65.1 Å². The first-order valence-corrected chi connectivity index (χ1v) is 21.8. The third-order valence-corrected chi connectivity index (χ3v) is 11.7. The highest BCUT2D eigenvalue weighted by Gasteiger charge is 2.42. The minimum Gasteiger partial charge on any atom is -0.368 e. The lowest BCUT2D eigenvalue weighted by Gasteiger charge is -2.24. The molecule has 2 heterocycles. The van der Waals surface area contributed by atoms with E-state index < -0.39 is 78.5 Å². The molecular formula is C40H62N10O10S. The number of benzene rings is 1. The molecule has 0 spiro atoms. The molecule has 338 valence electrons. The number of urea groups is 1. The lowest BCUT2D eigenvalue weighted by Crippen LogP contribution is -2.55. The van der Waals surface area contributed by atoms with Crippen molar-refractivity contribution in [2.45, 2.75) is 120 Å². The van der Waals surface area contributed by atoms with Crippen molar-refractivity contribution < 1.29 is 48.4 Å². The van der Waals surface area contributed by atoms with Gasteiger partial charge in [0.1, 0.15) is 18.1 Å². The monoisotopic (exact) mass is 874 g/mol. The maximum Gasteiger partial charge on any atom is 0.315 e. The van der Waals surface area contributed by atoms with Gasteiger partial charge in [0.05, 0.1) is 25.2 Å².